The van der Waals surface area contributed by atoms with Crippen LogP contribution < -0.4 is 15.2 Å². The lowest BCUT2D eigenvalue weighted by Crippen LogP contribution is -2.25. The summed E-state index contributed by atoms with van der Waals surface area (Å²) in [6.07, 6.45) is 0.724. The first-order chi connectivity index (χ1) is 9.46. The normalized spacial score (nSPS) is 12.4. The molecule has 20 heavy (non-hydrogen) atoms. The zero-order valence-electron chi connectivity index (χ0n) is 12.0. The zero-order valence-corrected chi connectivity index (χ0v) is 12.8. The molecule has 0 atom stereocenters. The van der Waals surface area contributed by atoms with Gasteiger partial charge in [-0.15, -0.1) is 0 Å². The number of nitrogens with zero attached hydrogens (tertiary/aromatic N) is 1. The number of sulfonamides is 1. The highest BCUT2D eigenvalue weighted by Gasteiger charge is 2.17. The van der Waals surface area contributed by atoms with Crippen molar-refractivity contribution in [2.24, 2.45) is 10.7 Å². The largest absolute Gasteiger partial charge is 0.493 e. The van der Waals surface area contributed by atoms with E-state index in [-0.39, 0.29) is 10.7 Å². The minimum atomic E-state index is -3.53. The molecule has 0 saturated carbocycles. The van der Waals surface area contributed by atoms with Crippen molar-refractivity contribution in [3.8, 4) is 5.75 Å². The Bertz CT molecular complexity index is 583. The molecule has 1 aromatic carbocycles. The first-order valence-electron chi connectivity index (χ1n) is 6.45. The van der Waals surface area contributed by atoms with E-state index in [9.17, 15) is 8.42 Å². The Hall–Kier alpha value is -1.60. The maximum atomic E-state index is 12.1. The summed E-state index contributed by atoms with van der Waals surface area (Å²) in [6.45, 7) is 4.59. The van der Waals surface area contributed by atoms with Crippen LogP contribution in [0.4, 0.5) is 0 Å². The summed E-state index contributed by atoms with van der Waals surface area (Å²) in [4.78, 5) is 4.04. The number of rotatable bonds is 7. The van der Waals surface area contributed by atoms with Gasteiger partial charge in [-0.05, 0) is 31.5 Å². The molecule has 0 aliphatic carbocycles. The van der Waals surface area contributed by atoms with Gasteiger partial charge in [0, 0.05) is 13.6 Å². The molecule has 0 unspecified atom stereocenters. The summed E-state index contributed by atoms with van der Waals surface area (Å²) < 4.78 is 32.1. The van der Waals surface area contributed by atoms with Gasteiger partial charge < -0.3 is 10.5 Å². The lowest BCUT2D eigenvalue weighted by molar-refractivity contribution is 0.339. The van der Waals surface area contributed by atoms with Gasteiger partial charge in [0.05, 0.1) is 17.1 Å². The summed E-state index contributed by atoms with van der Waals surface area (Å²) in [5.41, 5.74) is 6.27. The number of benzene rings is 1. The van der Waals surface area contributed by atoms with Crippen molar-refractivity contribution in [1.29, 1.82) is 0 Å². The third-order valence-electron chi connectivity index (χ3n) is 2.62. The summed E-state index contributed by atoms with van der Waals surface area (Å²) >= 11 is 0. The lowest BCUT2D eigenvalue weighted by atomic mass is 10.2. The Labute approximate surface area is 120 Å². The van der Waals surface area contributed by atoms with E-state index in [1.54, 1.807) is 13.1 Å². The van der Waals surface area contributed by atoms with Crippen molar-refractivity contribution in [2.75, 3.05) is 20.2 Å². The Morgan fingerprint density at radius 1 is 1.40 bits per heavy atom. The molecule has 1 rings (SSSR count). The average Bonchev–Trinajstić information content (AvgIpc) is 2.45. The predicted molar refractivity (Wildman–Crippen MR) is 79.7 cm³/mol. The second-order valence-electron chi connectivity index (χ2n) is 4.10. The van der Waals surface area contributed by atoms with E-state index in [2.05, 4.69) is 9.71 Å². The quantitative estimate of drug-likeness (QED) is 0.582. The van der Waals surface area contributed by atoms with Gasteiger partial charge in [0.15, 0.2) is 0 Å². The van der Waals surface area contributed by atoms with Gasteiger partial charge in [-0.25, -0.2) is 13.1 Å². The van der Waals surface area contributed by atoms with E-state index in [1.807, 2.05) is 13.8 Å². The Balaban J connectivity index is 3.25. The van der Waals surface area contributed by atoms with E-state index >= 15 is 0 Å². The second kappa shape index (κ2) is 7.25. The Morgan fingerprint density at radius 3 is 2.65 bits per heavy atom. The second-order valence-corrected chi connectivity index (χ2v) is 5.86. The van der Waals surface area contributed by atoms with E-state index in [4.69, 9.17) is 10.5 Å². The van der Waals surface area contributed by atoms with Crippen LogP contribution in [-0.2, 0) is 10.0 Å². The average molecular weight is 299 g/mol. The molecule has 1 aromatic rings. The third kappa shape index (κ3) is 3.94. The van der Waals surface area contributed by atoms with Gasteiger partial charge in [-0.2, -0.15) is 0 Å². The highest BCUT2D eigenvalue weighted by molar-refractivity contribution is 7.89. The van der Waals surface area contributed by atoms with Gasteiger partial charge in [-0.1, -0.05) is 6.92 Å². The molecule has 0 aromatic heterocycles. The van der Waals surface area contributed by atoms with E-state index in [0.717, 1.165) is 6.42 Å². The first kappa shape index (κ1) is 16.5. The molecule has 0 amide bonds. The van der Waals surface area contributed by atoms with Crippen molar-refractivity contribution in [1.82, 2.24) is 4.72 Å². The predicted octanol–water partition coefficient (Wildman–Crippen LogP) is 1.11. The molecule has 6 nitrogen and oxygen atoms in total. The molecule has 0 heterocycles. The minimum absolute atomic E-state index is 0.149. The number of amidine groups is 1. The molecule has 112 valence electrons. The van der Waals surface area contributed by atoms with E-state index in [0.29, 0.717) is 24.5 Å². The molecule has 0 spiro atoms. The van der Waals surface area contributed by atoms with Crippen molar-refractivity contribution < 1.29 is 13.2 Å². The van der Waals surface area contributed by atoms with Crippen LogP contribution in [0.15, 0.2) is 28.1 Å². The number of aliphatic imine (C=N–C) groups is 1. The summed E-state index contributed by atoms with van der Waals surface area (Å²) in [7, 11) is -1.99. The van der Waals surface area contributed by atoms with Crippen LogP contribution in [0.2, 0.25) is 0 Å². The number of hydrogen-bond donors (Lipinski definition) is 2. The molecule has 3 N–H and O–H groups in total. The van der Waals surface area contributed by atoms with E-state index in [1.165, 1.54) is 12.1 Å². The molecule has 0 radical (unpaired) electrons. The number of nitrogens with one attached hydrogen (secondary N) is 1. The topological polar surface area (TPSA) is 93.8 Å². The Kier molecular flexibility index (Phi) is 5.97. The molecule has 0 aliphatic rings. The SMILES string of the molecule is CCCNS(=O)(=O)c1ccc(OCC)c(C(N)=NC)c1. The fourth-order valence-corrected chi connectivity index (χ4v) is 2.76. The molecule has 0 fully saturated rings. The third-order valence-corrected chi connectivity index (χ3v) is 4.08. The van der Waals surface area contributed by atoms with Crippen molar-refractivity contribution in [2.45, 2.75) is 25.2 Å². The number of nitrogens with two attached hydrogens (primary N) is 1. The van der Waals surface area contributed by atoms with Crippen molar-refractivity contribution in [3.63, 3.8) is 0 Å². The van der Waals surface area contributed by atoms with Crippen LogP contribution in [0.3, 0.4) is 0 Å². The molecule has 0 saturated heterocycles. The van der Waals surface area contributed by atoms with Crippen LogP contribution in [0.25, 0.3) is 0 Å². The van der Waals surface area contributed by atoms with Gasteiger partial charge in [-0.3, -0.25) is 4.99 Å². The van der Waals surface area contributed by atoms with Crippen LogP contribution in [0.1, 0.15) is 25.8 Å². The standard InChI is InChI=1S/C13H21N3O3S/c1-4-8-16-20(17,18)10-6-7-12(19-5-2)11(9-10)13(14)15-3/h6-7,9,16H,4-5,8H2,1-3H3,(H2,14,15). The monoisotopic (exact) mass is 299 g/mol. The zero-order chi connectivity index (χ0) is 15.2. The van der Waals surface area contributed by atoms with Gasteiger partial charge >= 0.3 is 0 Å². The van der Waals surface area contributed by atoms with Crippen LogP contribution in [0.5, 0.6) is 5.75 Å². The highest BCUT2D eigenvalue weighted by Crippen LogP contribution is 2.22. The number of ether oxygens (including phenoxy) is 1. The van der Waals surface area contributed by atoms with Crippen LogP contribution in [-0.4, -0.2) is 34.5 Å². The van der Waals surface area contributed by atoms with Crippen LogP contribution >= 0.6 is 0 Å². The lowest BCUT2D eigenvalue weighted by Gasteiger charge is -2.12. The van der Waals surface area contributed by atoms with Crippen LogP contribution in [0, 0.1) is 0 Å². The van der Waals surface area contributed by atoms with Crippen molar-refractivity contribution >= 4 is 15.9 Å². The minimum Gasteiger partial charge on any atom is -0.493 e. The maximum absolute atomic E-state index is 12.1. The fraction of sp³-hybridized carbons (Fsp3) is 0.462. The number of hydrogen-bond acceptors (Lipinski definition) is 4. The Morgan fingerprint density at radius 2 is 2.10 bits per heavy atom. The summed E-state index contributed by atoms with van der Waals surface area (Å²) in [5.74, 6) is 0.756. The fourth-order valence-electron chi connectivity index (χ4n) is 1.60. The first-order valence-corrected chi connectivity index (χ1v) is 7.93. The smallest absolute Gasteiger partial charge is 0.240 e. The highest BCUT2D eigenvalue weighted by atomic mass is 32.2. The summed E-state index contributed by atoms with van der Waals surface area (Å²) in [5, 5.41) is 0. The van der Waals surface area contributed by atoms with Gasteiger partial charge in [0.25, 0.3) is 0 Å². The van der Waals surface area contributed by atoms with Crippen molar-refractivity contribution in [3.05, 3.63) is 23.8 Å². The summed E-state index contributed by atoms with van der Waals surface area (Å²) in [6, 6.07) is 4.57. The molecule has 0 aliphatic heterocycles. The maximum Gasteiger partial charge on any atom is 0.240 e. The molecular weight excluding hydrogens is 278 g/mol. The molecule has 0 bridgehead atoms. The molecular formula is C13H21N3O3S. The van der Waals surface area contributed by atoms with Gasteiger partial charge in [0.1, 0.15) is 11.6 Å². The molecule has 7 heteroatoms. The van der Waals surface area contributed by atoms with E-state index < -0.39 is 10.0 Å². The van der Waals surface area contributed by atoms with Gasteiger partial charge in [0.2, 0.25) is 10.0 Å².